The molecule has 0 aliphatic rings. The second-order valence-corrected chi connectivity index (χ2v) is 4.74. The molecule has 0 saturated carbocycles. The molecule has 84 valence electrons. The Labute approximate surface area is 100 Å². The molecule has 2 rings (SSSR count). The maximum atomic E-state index is 5.61. The molecule has 0 unspecified atom stereocenters. The molecule has 0 spiro atoms. The highest BCUT2D eigenvalue weighted by molar-refractivity contribution is 7.09. The van der Waals surface area contributed by atoms with Gasteiger partial charge >= 0.3 is 0 Å². The Balaban J connectivity index is 1.85. The van der Waals surface area contributed by atoms with Crippen molar-refractivity contribution in [3.8, 4) is 0 Å². The molecular formula is C13H16N2S. The lowest BCUT2D eigenvalue weighted by atomic mass is 10.1. The monoisotopic (exact) mass is 232 g/mol. The molecule has 2 aromatic rings. The molecule has 0 saturated heterocycles. The maximum Gasteiger partial charge on any atom is 0.0302 e. The van der Waals surface area contributed by atoms with E-state index < -0.39 is 0 Å². The summed E-state index contributed by atoms with van der Waals surface area (Å²) in [6.45, 7) is 2.44. The van der Waals surface area contributed by atoms with Crippen LogP contribution in [0, 0.1) is 0 Å². The van der Waals surface area contributed by atoms with Gasteiger partial charge in [-0.2, -0.15) is 0 Å². The van der Waals surface area contributed by atoms with E-state index in [0.717, 1.165) is 13.1 Å². The minimum atomic E-state index is 0.610. The van der Waals surface area contributed by atoms with Crippen LogP contribution in [0.15, 0.2) is 41.8 Å². The normalized spacial score (nSPS) is 10.6. The molecule has 0 aliphatic heterocycles. The molecule has 0 aliphatic carbocycles. The number of benzene rings is 1. The van der Waals surface area contributed by atoms with Crippen molar-refractivity contribution < 1.29 is 0 Å². The van der Waals surface area contributed by atoms with Crippen LogP contribution >= 0.6 is 11.3 Å². The van der Waals surface area contributed by atoms with Gasteiger partial charge in [-0.25, -0.2) is 0 Å². The summed E-state index contributed by atoms with van der Waals surface area (Å²) in [5, 5.41) is 5.53. The summed E-state index contributed by atoms with van der Waals surface area (Å²) < 4.78 is 0. The van der Waals surface area contributed by atoms with Crippen LogP contribution in [0.4, 0.5) is 0 Å². The van der Waals surface area contributed by atoms with Crippen molar-refractivity contribution in [3.63, 3.8) is 0 Å². The van der Waals surface area contributed by atoms with E-state index in [1.807, 2.05) is 0 Å². The Kier molecular flexibility index (Phi) is 4.10. The van der Waals surface area contributed by atoms with Crippen LogP contribution in [0.5, 0.6) is 0 Å². The van der Waals surface area contributed by atoms with Crippen molar-refractivity contribution in [1.29, 1.82) is 0 Å². The average molecular weight is 232 g/mol. The zero-order valence-electron chi connectivity index (χ0n) is 9.15. The molecule has 3 heteroatoms. The first-order valence-electron chi connectivity index (χ1n) is 5.39. The van der Waals surface area contributed by atoms with Gasteiger partial charge in [0, 0.05) is 24.5 Å². The van der Waals surface area contributed by atoms with Gasteiger partial charge in [0.1, 0.15) is 0 Å². The number of hydrogen-bond donors (Lipinski definition) is 2. The van der Waals surface area contributed by atoms with Gasteiger partial charge < -0.3 is 11.1 Å². The zero-order valence-corrected chi connectivity index (χ0v) is 9.96. The molecule has 3 N–H and O–H groups in total. The second-order valence-electron chi connectivity index (χ2n) is 3.71. The number of thiophene rings is 1. The van der Waals surface area contributed by atoms with Gasteiger partial charge in [0.05, 0.1) is 0 Å². The quantitative estimate of drug-likeness (QED) is 0.831. The molecule has 1 aromatic carbocycles. The van der Waals surface area contributed by atoms with Crippen LogP contribution in [-0.4, -0.2) is 0 Å². The van der Waals surface area contributed by atoms with Crippen molar-refractivity contribution in [3.05, 3.63) is 57.8 Å². The molecule has 0 amide bonds. The van der Waals surface area contributed by atoms with E-state index in [0.29, 0.717) is 6.54 Å². The summed E-state index contributed by atoms with van der Waals surface area (Å²) in [7, 11) is 0. The number of nitrogens with two attached hydrogens (primary N) is 1. The minimum Gasteiger partial charge on any atom is -0.326 e. The second kappa shape index (κ2) is 5.80. The highest BCUT2D eigenvalue weighted by atomic mass is 32.1. The van der Waals surface area contributed by atoms with Crippen LogP contribution < -0.4 is 11.1 Å². The minimum absolute atomic E-state index is 0.610. The molecular weight excluding hydrogens is 216 g/mol. The Hall–Kier alpha value is -1.16. The van der Waals surface area contributed by atoms with Crippen molar-refractivity contribution >= 4 is 11.3 Å². The van der Waals surface area contributed by atoms with Crippen molar-refractivity contribution in [2.24, 2.45) is 5.73 Å². The van der Waals surface area contributed by atoms with E-state index in [-0.39, 0.29) is 0 Å². The number of hydrogen-bond acceptors (Lipinski definition) is 3. The van der Waals surface area contributed by atoms with Crippen molar-refractivity contribution in [2.75, 3.05) is 0 Å². The molecule has 2 nitrogen and oxygen atoms in total. The van der Waals surface area contributed by atoms with Crippen LogP contribution in [0.25, 0.3) is 0 Å². The summed E-state index contributed by atoms with van der Waals surface area (Å²) in [4.78, 5) is 1.37. The van der Waals surface area contributed by atoms with Gasteiger partial charge in [-0.15, -0.1) is 11.3 Å². The summed E-state index contributed by atoms with van der Waals surface area (Å²) in [6, 6.07) is 12.6. The third-order valence-corrected chi connectivity index (χ3v) is 3.31. The lowest BCUT2D eigenvalue weighted by molar-refractivity contribution is 0.700. The average Bonchev–Trinajstić information content (AvgIpc) is 2.82. The fourth-order valence-corrected chi connectivity index (χ4v) is 2.28. The smallest absolute Gasteiger partial charge is 0.0302 e. The Bertz CT molecular complexity index is 423. The lowest BCUT2D eigenvalue weighted by Crippen LogP contribution is -2.12. The molecule has 0 atom stereocenters. The Morgan fingerprint density at radius 2 is 1.94 bits per heavy atom. The van der Waals surface area contributed by atoms with Crippen LogP contribution in [-0.2, 0) is 19.6 Å². The molecule has 16 heavy (non-hydrogen) atoms. The van der Waals surface area contributed by atoms with Crippen LogP contribution in [0.1, 0.15) is 16.0 Å². The van der Waals surface area contributed by atoms with E-state index in [4.69, 9.17) is 5.73 Å². The molecule has 1 aromatic heterocycles. The van der Waals surface area contributed by atoms with E-state index >= 15 is 0 Å². The number of nitrogens with one attached hydrogen (secondary N) is 1. The van der Waals surface area contributed by atoms with Crippen LogP contribution in [0.3, 0.4) is 0 Å². The SMILES string of the molecule is NCc1cccc(CNCc2cccs2)c1. The summed E-state index contributed by atoms with van der Waals surface area (Å²) in [5.41, 5.74) is 8.09. The topological polar surface area (TPSA) is 38.0 Å². The largest absolute Gasteiger partial charge is 0.326 e. The third kappa shape index (κ3) is 3.17. The molecule has 0 fully saturated rings. The molecule has 0 radical (unpaired) electrons. The third-order valence-electron chi connectivity index (χ3n) is 2.44. The fourth-order valence-electron chi connectivity index (χ4n) is 1.61. The van der Waals surface area contributed by atoms with Gasteiger partial charge in [0.15, 0.2) is 0 Å². The number of rotatable bonds is 5. The zero-order chi connectivity index (χ0) is 11.2. The van der Waals surface area contributed by atoms with Gasteiger partial charge in [0.2, 0.25) is 0 Å². The molecule has 0 bridgehead atoms. The van der Waals surface area contributed by atoms with E-state index in [2.05, 4.69) is 47.1 Å². The Morgan fingerprint density at radius 1 is 1.06 bits per heavy atom. The highest BCUT2D eigenvalue weighted by Crippen LogP contribution is 2.08. The van der Waals surface area contributed by atoms with E-state index in [1.54, 1.807) is 11.3 Å². The predicted molar refractivity (Wildman–Crippen MR) is 69.2 cm³/mol. The van der Waals surface area contributed by atoms with Crippen molar-refractivity contribution in [1.82, 2.24) is 5.32 Å². The molecule has 1 heterocycles. The van der Waals surface area contributed by atoms with Gasteiger partial charge in [-0.05, 0) is 22.6 Å². The van der Waals surface area contributed by atoms with Gasteiger partial charge in [-0.3, -0.25) is 0 Å². The highest BCUT2D eigenvalue weighted by Gasteiger charge is 1.96. The lowest BCUT2D eigenvalue weighted by Gasteiger charge is -2.05. The van der Waals surface area contributed by atoms with E-state index in [1.165, 1.54) is 16.0 Å². The van der Waals surface area contributed by atoms with Gasteiger partial charge in [-0.1, -0.05) is 30.3 Å². The summed E-state index contributed by atoms with van der Waals surface area (Å²) in [5.74, 6) is 0. The summed E-state index contributed by atoms with van der Waals surface area (Å²) in [6.07, 6.45) is 0. The fraction of sp³-hybridized carbons (Fsp3) is 0.231. The summed E-state index contributed by atoms with van der Waals surface area (Å²) >= 11 is 1.78. The Morgan fingerprint density at radius 3 is 2.69 bits per heavy atom. The van der Waals surface area contributed by atoms with E-state index in [9.17, 15) is 0 Å². The first-order chi connectivity index (χ1) is 7.88. The first kappa shape index (κ1) is 11.3. The standard InChI is InChI=1S/C13H16N2S/c14-8-11-3-1-4-12(7-11)9-15-10-13-5-2-6-16-13/h1-7,15H,8-10,14H2. The first-order valence-corrected chi connectivity index (χ1v) is 6.27. The maximum absolute atomic E-state index is 5.61. The van der Waals surface area contributed by atoms with Gasteiger partial charge in [0.25, 0.3) is 0 Å². The van der Waals surface area contributed by atoms with Crippen LogP contribution in [0.2, 0.25) is 0 Å². The van der Waals surface area contributed by atoms with Crippen molar-refractivity contribution in [2.45, 2.75) is 19.6 Å². The predicted octanol–water partition coefficient (Wildman–Crippen LogP) is 2.50.